The maximum absolute atomic E-state index is 13.0. The fraction of sp³-hybridized carbons (Fsp3) is 0. The minimum atomic E-state index is -0.634. The molecule has 0 aliphatic rings. The summed E-state index contributed by atoms with van der Waals surface area (Å²) in [5.41, 5.74) is 0.302. The summed E-state index contributed by atoms with van der Waals surface area (Å²) in [6, 6.07) is 4.10. The number of rotatable bonds is 0. The molecule has 0 amide bonds. The third kappa shape index (κ3) is 1.08. The first-order valence-electron chi connectivity index (χ1n) is 3.52. The average Bonchev–Trinajstić information content (AvgIpc) is 2.42. The van der Waals surface area contributed by atoms with Crippen molar-refractivity contribution in [3.8, 4) is 6.07 Å². The number of aromatic amines is 2. The van der Waals surface area contributed by atoms with E-state index in [9.17, 15) is 9.18 Å². The predicted molar refractivity (Wildman–Crippen MR) is 43.6 cm³/mol. The van der Waals surface area contributed by atoms with Gasteiger partial charge in [-0.05, 0) is 6.07 Å². The van der Waals surface area contributed by atoms with Gasteiger partial charge in [-0.15, -0.1) is 0 Å². The second kappa shape index (κ2) is 2.45. The Bertz CT molecular complexity index is 561. The van der Waals surface area contributed by atoms with Gasteiger partial charge in [0, 0.05) is 6.07 Å². The van der Waals surface area contributed by atoms with Crippen molar-refractivity contribution in [2.75, 3.05) is 0 Å². The Labute approximate surface area is 71.6 Å². The van der Waals surface area contributed by atoms with Gasteiger partial charge in [-0.3, -0.25) is 0 Å². The Kier molecular flexibility index (Phi) is 1.43. The number of halogens is 1. The average molecular weight is 177 g/mol. The van der Waals surface area contributed by atoms with E-state index >= 15 is 0 Å². The maximum atomic E-state index is 13.0. The molecule has 1 aromatic heterocycles. The van der Waals surface area contributed by atoms with Gasteiger partial charge in [-0.1, -0.05) is 0 Å². The van der Waals surface area contributed by atoms with Crippen LogP contribution in [-0.4, -0.2) is 9.97 Å². The number of hydrogen-bond donors (Lipinski definition) is 2. The highest BCUT2D eigenvalue weighted by Gasteiger charge is 2.05. The fourth-order valence-electron chi connectivity index (χ4n) is 1.14. The summed E-state index contributed by atoms with van der Waals surface area (Å²) in [7, 11) is 0. The van der Waals surface area contributed by atoms with Crippen LogP contribution in [0.15, 0.2) is 16.9 Å². The highest BCUT2D eigenvalue weighted by Crippen LogP contribution is 2.13. The van der Waals surface area contributed by atoms with Crippen LogP contribution < -0.4 is 5.69 Å². The molecule has 0 saturated carbocycles. The van der Waals surface area contributed by atoms with E-state index in [4.69, 9.17) is 5.26 Å². The summed E-state index contributed by atoms with van der Waals surface area (Å²) < 4.78 is 13.0. The van der Waals surface area contributed by atoms with Crippen LogP contribution in [0.2, 0.25) is 0 Å². The molecule has 2 aromatic rings. The van der Waals surface area contributed by atoms with Gasteiger partial charge in [0.15, 0.2) is 0 Å². The topological polar surface area (TPSA) is 72.4 Å². The summed E-state index contributed by atoms with van der Waals surface area (Å²) >= 11 is 0. The lowest BCUT2D eigenvalue weighted by Gasteiger charge is -1.92. The molecule has 0 bridgehead atoms. The van der Waals surface area contributed by atoms with Gasteiger partial charge in [0.05, 0.1) is 16.6 Å². The van der Waals surface area contributed by atoms with E-state index in [1.54, 1.807) is 6.07 Å². The monoisotopic (exact) mass is 177 g/mol. The van der Waals surface area contributed by atoms with Crippen molar-refractivity contribution in [2.45, 2.75) is 0 Å². The first kappa shape index (κ1) is 7.55. The van der Waals surface area contributed by atoms with Crippen molar-refractivity contribution >= 4 is 11.0 Å². The van der Waals surface area contributed by atoms with Gasteiger partial charge in [0.2, 0.25) is 0 Å². The number of aromatic nitrogens is 2. The quantitative estimate of drug-likeness (QED) is 0.626. The zero-order valence-corrected chi connectivity index (χ0v) is 6.39. The maximum Gasteiger partial charge on any atom is 0.323 e. The molecule has 5 heteroatoms. The Hall–Kier alpha value is -2.09. The van der Waals surface area contributed by atoms with Gasteiger partial charge in [-0.2, -0.15) is 5.26 Å². The smallest absolute Gasteiger partial charge is 0.306 e. The summed E-state index contributed by atoms with van der Waals surface area (Å²) in [6.45, 7) is 0. The molecular weight excluding hydrogens is 173 g/mol. The molecule has 0 spiro atoms. The van der Waals surface area contributed by atoms with Crippen molar-refractivity contribution in [3.63, 3.8) is 0 Å². The summed E-state index contributed by atoms with van der Waals surface area (Å²) in [4.78, 5) is 15.6. The third-order valence-corrected chi connectivity index (χ3v) is 1.72. The molecule has 1 heterocycles. The van der Waals surface area contributed by atoms with E-state index < -0.39 is 11.5 Å². The molecule has 0 fully saturated rings. The van der Waals surface area contributed by atoms with Crippen LogP contribution >= 0.6 is 0 Å². The number of nitrogens with one attached hydrogen (secondary N) is 2. The lowest BCUT2D eigenvalue weighted by Crippen LogP contribution is -1.99. The molecular formula is C8H4FN3O. The lowest BCUT2D eigenvalue weighted by atomic mass is 10.2. The molecule has 13 heavy (non-hydrogen) atoms. The van der Waals surface area contributed by atoms with Crippen molar-refractivity contribution < 1.29 is 4.39 Å². The summed E-state index contributed by atoms with van der Waals surface area (Å²) in [5.74, 6) is -0.634. The van der Waals surface area contributed by atoms with Crippen LogP contribution in [0.1, 0.15) is 5.56 Å². The van der Waals surface area contributed by atoms with E-state index in [-0.39, 0.29) is 5.56 Å². The van der Waals surface area contributed by atoms with Gasteiger partial charge >= 0.3 is 5.69 Å². The zero-order valence-electron chi connectivity index (χ0n) is 6.39. The predicted octanol–water partition coefficient (Wildman–Crippen LogP) is 0.867. The van der Waals surface area contributed by atoms with E-state index in [1.165, 1.54) is 6.07 Å². The molecule has 0 aliphatic heterocycles. The molecule has 1 aromatic carbocycles. The Morgan fingerprint density at radius 2 is 1.92 bits per heavy atom. The molecule has 4 nitrogen and oxygen atoms in total. The normalized spacial score (nSPS) is 10.2. The zero-order chi connectivity index (χ0) is 9.42. The van der Waals surface area contributed by atoms with Crippen molar-refractivity contribution in [3.05, 3.63) is 34.0 Å². The van der Waals surface area contributed by atoms with Gasteiger partial charge in [0.1, 0.15) is 11.9 Å². The Morgan fingerprint density at radius 3 is 2.54 bits per heavy atom. The van der Waals surface area contributed by atoms with Gasteiger partial charge in [0.25, 0.3) is 0 Å². The molecule has 0 radical (unpaired) electrons. The fourth-order valence-corrected chi connectivity index (χ4v) is 1.14. The second-order valence-corrected chi connectivity index (χ2v) is 2.57. The molecule has 0 aliphatic carbocycles. The van der Waals surface area contributed by atoms with E-state index in [2.05, 4.69) is 9.97 Å². The largest absolute Gasteiger partial charge is 0.323 e. The number of imidazole rings is 1. The summed E-state index contributed by atoms with van der Waals surface area (Å²) in [6.07, 6.45) is 0. The standard InChI is InChI=1S/C8H4FN3O/c9-5-2-7-6(1-4(5)3-10)11-8(13)12-7/h1-2H,(H2,11,12,13). The minimum absolute atomic E-state index is 0.0808. The van der Waals surface area contributed by atoms with Crippen molar-refractivity contribution in [2.24, 2.45) is 0 Å². The third-order valence-electron chi connectivity index (χ3n) is 1.72. The van der Waals surface area contributed by atoms with E-state index in [0.717, 1.165) is 6.07 Å². The van der Waals surface area contributed by atoms with Crippen molar-refractivity contribution in [1.29, 1.82) is 5.26 Å². The van der Waals surface area contributed by atoms with Crippen LogP contribution in [0.5, 0.6) is 0 Å². The number of nitrogens with zero attached hydrogens (tertiary/aromatic N) is 1. The molecule has 0 atom stereocenters. The van der Waals surface area contributed by atoms with Crippen LogP contribution in [-0.2, 0) is 0 Å². The minimum Gasteiger partial charge on any atom is -0.306 e. The number of nitriles is 1. The van der Waals surface area contributed by atoms with Crippen LogP contribution in [0.3, 0.4) is 0 Å². The van der Waals surface area contributed by atoms with Crippen LogP contribution in [0.25, 0.3) is 11.0 Å². The van der Waals surface area contributed by atoms with Crippen LogP contribution in [0, 0.1) is 17.1 Å². The number of benzene rings is 1. The summed E-state index contributed by atoms with van der Waals surface area (Å²) in [5, 5.41) is 8.49. The van der Waals surface area contributed by atoms with Crippen molar-refractivity contribution in [1.82, 2.24) is 9.97 Å². The number of hydrogen-bond acceptors (Lipinski definition) is 2. The SMILES string of the molecule is N#Cc1cc2[nH]c(=O)[nH]c2cc1F. The molecule has 0 saturated heterocycles. The molecule has 64 valence electrons. The first-order valence-corrected chi connectivity index (χ1v) is 3.52. The Morgan fingerprint density at radius 1 is 1.31 bits per heavy atom. The highest BCUT2D eigenvalue weighted by atomic mass is 19.1. The van der Waals surface area contributed by atoms with Gasteiger partial charge in [-0.25, -0.2) is 9.18 Å². The highest BCUT2D eigenvalue weighted by molar-refractivity contribution is 5.76. The van der Waals surface area contributed by atoms with Crippen LogP contribution in [0.4, 0.5) is 4.39 Å². The number of H-pyrrole nitrogens is 2. The van der Waals surface area contributed by atoms with E-state index in [0.29, 0.717) is 11.0 Å². The number of fused-ring (bicyclic) bond motifs is 1. The second-order valence-electron chi connectivity index (χ2n) is 2.57. The van der Waals surface area contributed by atoms with Gasteiger partial charge < -0.3 is 9.97 Å². The molecule has 2 rings (SSSR count). The lowest BCUT2D eigenvalue weighted by molar-refractivity contribution is 0.625. The first-order chi connectivity index (χ1) is 6.20. The Balaban J connectivity index is 2.90. The molecule has 2 N–H and O–H groups in total. The van der Waals surface area contributed by atoms with E-state index in [1.807, 2.05) is 0 Å². The molecule has 0 unspecified atom stereocenters.